The van der Waals surface area contributed by atoms with Crippen LogP contribution in [0.3, 0.4) is 0 Å². The standard InChI is InChI=1S/C8H12N2/c1-5-8(10(3)4)6-7-9-2/h1,6-7H,2-4H3/b8-6+,9-7-. The Morgan fingerprint density at radius 3 is 2.50 bits per heavy atom. The Balaban J connectivity index is 4.23. The molecule has 0 rings (SSSR count). The van der Waals surface area contributed by atoms with Gasteiger partial charge in [0.1, 0.15) is 0 Å². The second-order valence-corrected chi connectivity index (χ2v) is 2.00. The summed E-state index contributed by atoms with van der Waals surface area (Å²) in [6.45, 7) is 0. The van der Waals surface area contributed by atoms with Crippen LogP contribution in [0, 0.1) is 12.3 Å². The molecule has 0 saturated carbocycles. The molecule has 2 heteroatoms. The fraction of sp³-hybridized carbons (Fsp3) is 0.375. The fourth-order valence-electron chi connectivity index (χ4n) is 0.471. The van der Waals surface area contributed by atoms with E-state index in [9.17, 15) is 0 Å². The zero-order chi connectivity index (χ0) is 7.98. The molecule has 2 nitrogen and oxygen atoms in total. The van der Waals surface area contributed by atoms with Crippen LogP contribution in [-0.2, 0) is 0 Å². The van der Waals surface area contributed by atoms with Crippen molar-refractivity contribution in [2.75, 3.05) is 21.1 Å². The maximum Gasteiger partial charge on any atom is 0.0886 e. The van der Waals surface area contributed by atoms with Gasteiger partial charge in [0.05, 0.1) is 5.70 Å². The molecule has 0 aromatic carbocycles. The number of terminal acetylenes is 1. The Hall–Kier alpha value is -1.23. The predicted octanol–water partition coefficient (Wildman–Crippen LogP) is 0.766. The first-order valence-electron chi connectivity index (χ1n) is 2.98. The molecule has 0 aliphatic heterocycles. The monoisotopic (exact) mass is 136 g/mol. The third-order valence-electron chi connectivity index (χ3n) is 1.01. The highest BCUT2D eigenvalue weighted by Crippen LogP contribution is 1.92. The Kier molecular flexibility index (Phi) is 4.06. The van der Waals surface area contributed by atoms with Gasteiger partial charge in [-0.2, -0.15) is 0 Å². The van der Waals surface area contributed by atoms with Crippen molar-refractivity contribution in [3.63, 3.8) is 0 Å². The van der Waals surface area contributed by atoms with Crippen LogP contribution < -0.4 is 0 Å². The van der Waals surface area contributed by atoms with Crippen molar-refractivity contribution in [3.8, 4) is 12.3 Å². The zero-order valence-electron chi connectivity index (χ0n) is 6.63. The summed E-state index contributed by atoms with van der Waals surface area (Å²) >= 11 is 0. The molecule has 0 aromatic heterocycles. The lowest BCUT2D eigenvalue weighted by molar-refractivity contribution is 0.536. The SMILES string of the molecule is C#C/C(=C\C=N/C)N(C)C. The number of rotatable bonds is 2. The van der Waals surface area contributed by atoms with E-state index in [-0.39, 0.29) is 0 Å². The van der Waals surface area contributed by atoms with Crippen LogP contribution in [0.4, 0.5) is 0 Å². The predicted molar refractivity (Wildman–Crippen MR) is 45.0 cm³/mol. The smallest absolute Gasteiger partial charge is 0.0886 e. The van der Waals surface area contributed by atoms with Crippen LogP contribution in [-0.4, -0.2) is 32.3 Å². The van der Waals surface area contributed by atoms with Gasteiger partial charge in [-0.1, -0.05) is 5.92 Å². The minimum absolute atomic E-state index is 0.825. The van der Waals surface area contributed by atoms with Crippen molar-refractivity contribution < 1.29 is 0 Å². The summed E-state index contributed by atoms with van der Waals surface area (Å²) in [7, 11) is 5.50. The highest BCUT2D eigenvalue weighted by atomic mass is 15.1. The van der Waals surface area contributed by atoms with E-state index in [1.165, 1.54) is 0 Å². The summed E-state index contributed by atoms with van der Waals surface area (Å²) in [5, 5.41) is 0. The Labute approximate surface area is 62.3 Å². The third-order valence-corrected chi connectivity index (χ3v) is 1.01. The molecular weight excluding hydrogens is 124 g/mol. The van der Waals surface area contributed by atoms with E-state index in [1.807, 2.05) is 19.0 Å². The van der Waals surface area contributed by atoms with E-state index in [0.29, 0.717) is 0 Å². The number of aliphatic imine (C=N–C) groups is 1. The summed E-state index contributed by atoms with van der Waals surface area (Å²) in [6.07, 6.45) is 8.66. The van der Waals surface area contributed by atoms with Crippen LogP contribution >= 0.6 is 0 Å². The van der Waals surface area contributed by atoms with Gasteiger partial charge in [0.2, 0.25) is 0 Å². The molecule has 0 heterocycles. The molecule has 54 valence electrons. The van der Waals surface area contributed by atoms with Gasteiger partial charge in [-0.3, -0.25) is 4.99 Å². The molecular formula is C8H12N2. The van der Waals surface area contributed by atoms with Crippen LogP contribution in [0.25, 0.3) is 0 Å². The van der Waals surface area contributed by atoms with Gasteiger partial charge in [-0.15, -0.1) is 6.42 Å². The highest BCUT2D eigenvalue weighted by Gasteiger charge is 1.89. The van der Waals surface area contributed by atoms with Crippen molar-refractivity contribution in [2.24, 2.45) is 4.99 Å². The van der Waals surface area contributed by atoms with Crippen molar-refractivity contribution in [1.29, 1.82) is 0 Å². The average molecular weight is 136 g/mol. The highest BCUT2D eigenvalue weighted by molar-refractivity contribution is 5.73. The van der Waals surface area contributed by atoms with Gasteiger partial charge in [0, 0.05) is 27.4 Å². The number of nitrogens with zero attached hydrogens (tertiary/aromatic N) is 2. The summed E-state index contributed by atoms with van der Waals surface area (Å²) in [4.78, 5) is 5.64. The number of allylic oxidation sites excluding steroid dienone is 2. The minimum atomic E-state index is 0.825. The first-order chi connectivity index (χ1) is 4.72. The summed E-state index contributed by atoms with van der Waals surface area (Å²) in [5.74, 6) is 2.53. The van der Waals surface area contributed by atoms with Crippen molar-refractivity contribution in [2.45, 2.75) is 0 Å². The van der Waals surface area contributed by atoms with Crippen molar-refractivity contribution in [1.82, 2.24) is 4.90 Å². The first kappa shape index (κ1) is 8.77. The lowest BCUT2D eigenvalue weighted by atomic mass is 10.4. The zero-order valence-corrected chi connectivity index (χ0v) is 6.63. The molecule has 10 heavy (non-hydrogen) atoms. The van der Waals surface area contributed by atoms with Crippen LogP contribution in [0.1, 0.15) is 0 Å². The van der Waals surface area contributed by atoms with Gasteiger partial charge in [0.15, 0.2) is 0 Å². The van der Waals surface area contributed by atoms with Gasteiger partial charge in [0.25, 0.3) is 0 Å². The molecule has 0 N–H and O–H groups in total. The quantitative estimate of drug-likeness (QED) is 0.404. The second-order valence-electron chi connectivity index (χ2n) is 2.00. The van der Waals surface area contributed by atoms with E-state index in [4.69, 9.17) is 6.42 Å². The number of hydrogen-bond donors (Lipinski definition) is 0. The van der Waals surface area contributed by atoms with Crippen LogP contribution in [0.15, 0.2) is 16.8 Å². The van der Waals surface area contributed by atoms with Gasteiger partial charge >= 0.3 is 0 Å². The van der Waals surface area contributed by atoms with Gasteiger partial charge in [-0.25, -0.2) is 0 Å². The second kappa shape index (κ2) is 4.63. The Morgan fingerprint density at radius 2 is 2.20 bits per heavy atom. The van der Waals surface area contributed by atoms with Crippen LogP contribution in [0.2, 0.25) is 0 Å². The molecule has 0 fully saturated rings. The minimum Gasteiger partial charge on any atom is -0.371 e. The summed E-state index contributed by atoms with van der Waals surface area (Å²) < 4.78 is 0. The maximum absolute atomic E-state index is 5.19. The largest absolute Gasteiger partial charge is 0.371 e. The van der Waals surface area contributed by atoms with E-state index in [2.05, 4.69) is 10.9 Å². The first-order valence-corrected chi connectivity index (χ1v) is 2.98. The molecule has 0 radical (unpaired) electrons. The fourth-order valence-corrected chi connectivity index (χ4v) is 0.471. The summed E-state index contributed by atoms with van der Waals surface area (Å²) in [6, 6.07) is 0. The van der Waals surface area contributed by atoms with Crippen molar-refractivity contribution in [3.05, 3.63) is 11.8 Å². The molecule has 0 saturated heterocycles. The van der Waals surface area contributed by atoms with Crippen LogP contribution in [0.5, 0.6) is 0 Å². The normalized spacial score (nSPS) is 11.6. The molecule has 0 unspecified atom stereocenters. The lowest BCUT2D eigenvalue weighted by Crippen LogP contribution is -2.09. The topological polar surface area (TPSA) is 15.6 Å². The average Bonchev–Trinajstić information content (AvgIpc) is 1.89. The number of hydrogen-bond acceptors (Lipinski definition) is 2. The third kappa shape index (κ3) is 2.93. The molecule has 0 spiro atoms. The molecule has 0 atom stereocenters. The molecule has 0 aromatic rings. The van der Waals surface area contributed by atoms with E-state index in [1.54, 1.807) is 19.3 Å². The van der Waals surface area contributed by atoms with E-state index in [0.717, 1.165) is 5.70 Å². The Morgan fingerprint density at radius 1 is 1.60 bits per heavy atom. The molecule has 0 aliphatic rings. The Bertz CT molecular complexity index is 182. The van der Waals surface area contributed by atoms with E-state index >= 15 is 0 Å². The van der Waals surface area contributed by atoms with E-state index < -0.39 is 0 Å². The summed E-state index contributed by atoms with van der Waals surface area (Å²) in [5.41, 5.74) is 0.825. The molecule has 0 aliphatic carbocycles. The maximum atomic E-state index is 5.19. The molecule has 0 bridgehead atoms. The molecule has 0 amide bonds. The van der Waals surface area contributed by atoms with Crippen molar-refractivity contribution >= 4 is 6.21 Å². The van der Waals surface area contributed by atoms with Gasteiger partial charge < -0.3 is 4.90 Å². The lowest BCUT2D eigenvalue weighted by Gasteiger charge is -2.09. The van der Waals surface area contributed by atoms with Gasteiger partial charge in [-0.05, 0) is 6.08 Å².